The molecule has 3 nitrogen and oxygen atoms in total. The summed E-state index contributed by atoms with van der Waals surface area (Å²) in [5, 5.41) is 12.4. The molecule has 1 aromatic carbocycles. The van der Waals surface area contributed by atoms with Crippen LogP contribution in [0.2, 0.25) is 5.02 Å². The highest BCUT2D eigenvalue weighted by Gasteiger charge is 2.09. The minimum Gasteiger partial charge on any atom is -0.364 e. The third-order valence-electron chi connectivity index (χ3n) is 2.46. The zero-order valence-corrected chi connectivity index (χ0v) is 12.5. The fraction of sp³-hybridized carbons (Fsp3) is 0.286. The highest BCUT2D eigenvalue weighted by molar-refractivity contribution is 8.00. The molecule has 1 N–H and O–H groups in total. The van der Waals surface area contributed by atoms with E-state index in [0.29, 0.717) is 11.8 Å². The lowest BCUT2D eigenvalue weighted by Crippen LogP contribution is -2.04. The average molecular weight is 294 g/mol. The van der Waals surface area contributed by atoms with Gasteiger partial charge in [-0.3, -0.25) is 0 Å². The SMILES string of the molecule is CC(C)Sc1cccc(Cl)c1CNc1cccnn1. The Balaban J connectivity index is 2.14. The largest absolute Gasteiger partial charge is 0.364 e. The van der Waals surface area contributed by atoms with Gasteiger partial charge in [-0.15, -0.1) is 16.9 Å². The Morgan fingerprint density at radius 2 is 2.11 bits per heavy atom. The highest BCUT2D eigenvalue weighted by Crippen LogP contribution is 2.31. The number of hydrogen-bond donors (Lipinski definition) is 1. The topological polar surface area (TPSA) is 37.8 Å². The van der Waals surface area contributed by atoms with Crippen molar-refractivity contribution in [3.05, 3.63) is 47.1 Å². The normalized spacial score (nSPS) is 10.7. The van der Waals surface area contributed by atoms with E-state index < -0.39 is 0 Å². The smallest absolute Gasteiger partial charge is 0.148 e. The first-order valence-corrected chi connectivity index (χ1v) is 7.38. The van der Waals surface area contributed by atoms with Crippen molar-refractivity contribution in [3.8, 4) is 0 Å². The fourth-order valence-corrected chi connectivity index (χ4v) is 2.94. The van der Waals surface area contributed by atoms with Crippen LogP contribution in [-0.2, 0) is 6.54 Å². The van der Waals surface area contributed by atoms with Gasteiger partial charge in [0, 0.05) is 33.5 Å². The van der Waals surface area contributed by atoms with E-state index in [2.05, 4.69) is 35.4 Å². The summed E-state index contributed by atoms with van der Waals surface area (Å²) in [4.78, 5) is 1.21. The first-order chi connectivity index (χ1) is 9.16. The van der Waals surface area contributed by atoms with Crippen LogP contribution in [0.15, 0.2) is 41.4 Å². The van der Waals surface area contributed by atoms with E-state index in [-0.39, 0.29) is 0 Å². The Bertz CT molecular complexity index is 531. The van der Waals surface area contributed by atoms with Crippen LogP contribution in [0.5, 0.6) is 0 Å². The second-order valence-corrected chi connectivity index (χ2v) is 6.37. The molecule has 0 saturated heterocycles. The lowest BCUT2D eigenvalue weighted by molar-refractivity contribution is 0.988. The summed E-state index contributed by atoms with van der Waals surface area (Å²) in [7, 11) is 0. The van der Waals surface area contributed by atoms with Crippen molar-refractivity contribution in [3.63, 3.8) is 0 Å². The van der Waals surface area contributed by atoms with Gasteiger partial charge < -0.3 is 5.32 Å². The first-order valence-electron chi connectivity index (χ1n) is 6.12. The van der Waals surface area contributed by atoms with E-state index in [1.807, 2.05) is 36.0 Å². The van der Waals surface area contributed by atoms with Gasteiger partial charge in [0.15, 0.2) is 0 Å². The average Bonchev–Trinajstić information content (AvgIpc) is 2.38. The van der Waals surface area contributed by atoms with Crippen LogP contribution in [0.3, 0.4) is 0 Å². The number of thioether (sulfide) groups is 1. The predicted molar refractivity (Wildman–Crippen MR) is 81.8 cm³/mol. The molecule has 0 unspecified atom stereocenters. The van der Waals surface area contributed by atoms with E-state index in [9.17, 15) is 0 Å². The molecule has 0 spiro atoms. The molecule has 0 aliphatic rings. The van der Waals surface area contributed by atoms with Crippen LogP contribution in [0.4, 0.5) is 5.82 Å². The Hall–Kier alpha value is -1.26. The summed E-state index contributed by atoms with van der Waals surface area (Å²) < 4.78 is 0. The van der Waals surface area contributed by atoms with E-state index in [1.54, 1.807) is 6.20 Å². The summed E-state index contributed by atoms with van der Waals surface area (Å²) in [6, 6.07) is 9.74. The molecule has 2 rings (SSSR count). The van der Waals surface area contributed by atoms with E-state index in [1.165, 1.54) is 4.90 Å². The maximum Gasteiger partial charge on any atom is 0.148 e. The van der Waals surface area contributed by atoms with Gasteiger partial charge in [-0.1, -0.05) is 31.5 Å². The predicted octanol–water partition coefficient (Wildman–Crippen LogP) is 4.24. The van der Waals surface area contributed by atoms with Crippen LogP contribution in [0.1, 0.15) is 19.4 Å². The van der Waals surface area contributed by atoms with Crippen LogP contribution in [-0.4, -0.2) is 15.4 Å². The van der Waals surface area contributed by atoms with Crippen molar-refractivity contribution in [1.29, 1.82) is 0 Å². The molecule has 0 aliphatic heterocycles. The van der Waals surface area contributed by atoms with Crippen molar-refractivity contribution >= 4 is 29.2 Å². The zero-order chi connectivity index (χ0) is 13.7. The molecule has 0 bridgehead atoms. The second-order valence-electron chi connectivity index (χ2n) is 4.35. The zero-order valence-electron chi connectivity index (χ0n) is 10.9. The molecule has 0 amide bonds. The maximum atomic E-state index is 6.29. The van der Waals surface area contributed by atoms with Crippen molar-refractivity contribution in [1.82, 2.24) is 10.2 Å². The summed E-state index contributed by atoms with van der Waals surface area (Å²) in [5.74, 6) is 0.753. The number of nitrogens with one attached hydrogen (secondary N) is 1. The molecule has 0 radical (unpaired) electrons. The number of hydrogen-bond acceptors (Lipinski definition) is 4. The molecule has 1 aromatic heterocycles. The van der Waals surface area contributed by atoms with Crippen molar-refractivity contribution in [2.45, 2.75) is 30.5 Å². The minimum absolute atomic E-state index is 0.522. The molecule has 1 heterocycles. The monoisotopic (exact) mass is 293 g/mol. The van der Waals surface area contributed by atoms with Crippen LogP contribution >= 0.6 is 23.4 Å². The Morgan fingerprint density at radius 3 is 2.79 bits per heavy atom. The van der Waals surface area contributed by atoms with Gasteiger partial charge in [-0.25, -0.2) is 0 Å². The molecule has 0 aliphatic carbocycles. The number of halogens is 1. The molecule has 0 saturated carbocycles. The Labute approximate surface area is 122 Å². The van der Waals surface area contributed by atoms with Crippen molar-refractivity contribution < 1.29 is 0 Å². The third kappa shape index (κ3) is 4.11. The number of rotatable bonds is 5. The van der Waals surface area contributed by atoms with Crippen molar-refractivity contribution in [2.75, 3.05) is 5.32 Å². The molecular formula is C14H16ClN3S. The van der Waals surface area contributed by atoms with E-state index >= 15 is 0 Å². The number of anilines is 1. The summed E-state index contributed by atoms with van der Waals surface area (Å²) in [6.45, 7) is 4.99. The van der Waals surface area contributed by atoms with Gasteiger partial charge >= 0.3 is 0 Å². The number of aromatic nitrogens is 2. The molecule has 100 valence electrons. The van der Waals surface area contributed by atoms with E-state index in [0.717, 1.165) is 16.4 Å². The van der Waals surface area contributed by atoms with E-state index in [4.69, 9.17) is 11.6 Å². The minimum atomic E-state index is 0.522. The fourth-order valence-electron chi connectivity index (χ4n) is 1.65. The first kappa shape index (κ1) is 14.2. The van der Waals surface area contributed by atoms with Gasteiger partial charge in [-0.05, 0) is 24.3 Å². The van der Waals surface area contributed by atoms with Crippen LogP contribution in [0.25, 0.3) is 0 Å². The van der Waals surface area contributed by atoms with Crippen molar-refractivity contribution in [2.24, 2.45) is 0 Å². The lowest BCUT2D eigenvalue weighted by Gasteiger charge is -2.13. The third-order valence-corrected chi connectivity index (χ3v) is 3.92. The summed E-state index contributed by atoms with van der Waals surface area (Å²) >= 11 is 8.10. The highest BCUT2D eigenvalue weighted by atomic mass is 35.5. The summed E-state index contributed by atoms with van der Waals surface area (Å²) in [6.07, 6.45) is 1.65. The second kappa shape index (κ2) is 6.78. The molecule has 0 atom stereocenters. The van der Waals surface area contributed by atoms with Gasteiger partial charge in [0.05, 0.1) is 0 Å². The van der Waals surface area contributed by atoms with Crippen LogP contribution < -0.4 is 5.32 Å². The molecule has 2 aromatic rings. The Morgan fingerprint density at radius 1 is 1.26 bits per heavy atom. The number of nitrogens with zero attached hydrogens (tertiary/aromatic N) is 2. The summed E-state index contributed by atoms with van der Waals surface area (Å²) in [5.41, 5.74) is 1.11. The van der Waals surface area contributed by atoms with Gasteiger partial charge in [-0.2, -0.15) is 5.10 Å². The van der Waals surface area contributed by atoms with Gasteiger partial charge in [0.1, 0.15) is 5.82 Å². The Kier molecular flexibility index (Phi) is 5.05. The van der Waals surface area contributed by atoms with Gasteiger partial charge in [0.25, 0.3) is 0 Å². The maximum absolute atomic E-state index is 6.29. The lowest BCUT2D eigenvalue weighted by atomic mass is 10.2. The molecule has 0 fully saturated rings. The number of benzene rings is 1. The van der Waals surface area contributed by atoms with Gasteiger partial charge in [0.2, 0.25) is 0 Å². The quantitative estimate of drug-likeness (QED) is 0.837. The standard InChI is InChI=1S/C14H16ClN3S/c1-10(2)19-13-6-3-5-12(15)11(13)9-16-14-7-4-8-17-18-14/h3-8,10H,9H2,1-2H3,(H,16,18). The molecule has 19 heavy (non-hydrogen) atoms. The molecular weight excluding hydrogens is 278 g/mol. The van der Waals surface area contributed by atoms with Crippen LogP contribution in [0, 0.1) is 0 Å². The molecule has 5 heteroatoms.